The molecule has 1 saturated heterocycles. The number of hydrogen-bond acceptors (Lipinski definition) is 4. The number of piperazine rings is 1. The Morgan fingerprint density at radius 3 is 2.56 bits per heavy atom. The number of carbonyl (C=O) groups excluding carboxylic acids is 1. The Kier molecular flexibility index (Phi) is 5.36. The molecule has 0 bridgehead atoms. The lowest BCUT2D eigenvalue weighted by Crippen LogP contribution is -2.54. The third-order valence-corrected chi connectivity index (χ3v) is 5.10. The Morgan fingerprint density at radius 2 is 1.89 bits per heavy atom. The summed E-state index contributed by atoms with van der Waals surface area (Å²) >= 11 is 0. The summed E-state index contributed by atoms with van der Waals surface area (Å²) in [7, 11) is -3.41. The number of anilines is 2. The van der Waals surface area contributed by atoms with Gasteiger partial charge < -0.3 is 9.80 Å². The fourth-order valence-corrected chi connectivity index (χ4v) is 3.84. The third kappa shape index (κ3) is 4.57. The van der Waals surface area contributed by atoms with Crippen LogP contribution >= 0.6 is 0 Å². The van der Waals surface area contributed by atoms with E-state index in [1.807, 2.05) is 11.8 Å². The van der Waals surface area contributed by atoms with Gasteiger partial charge in [-0.05, 0) is 37.3 Å². The fourth-order valence-electron chi connectivity index (χ4n) is 3.28. The Hall–Kier alpha value is -2.61. The van der Waals surface area contributed by atoms with Crippen molar-refractivity contribution in [2.24, 2.45) is 0 Å². The molecule has 0 aromatic heterocycles. The zero-order valence-corrected chi connectivity index (χ0v) is 16.0. The minimum absolute atomic E-state index is 0.114. The van der Waals surface area contributed by atoms with Crippen molar-refractivity contribution in [1.29, 1.82) is 0 Å². The van der Waals surface area contributed by atoms with Crippen LogP contribution in [0.4, 0.5) is 15.8 Å². The topological polar surface area (TPSA) is 69.7 Å². The number of amides is 1. The smallest absolute Gasteiger partial charge is 0.254 e. The van der Waals surface area contributed by atoms with E-state index in [1.165, 1.54) is 12.1 Å². The van der Waals surface area contributed by atoms with E-state index in [0.717, 1.165) is 6.26 Å². The molecule has 0 unspecified atom stereocenters. The van der Waals surface area contributed by atoms with Gasteiger partial charge in [0, 0.05) is 36.9 Å². The van der Waals surface area contributed by atoms with Gasteiger partial charge >= 0.3 is 0 Å². The number of benzene rings is 2. The van der Waals surface area contributed by atoms with Gasteiger partial charge in [-0.3, -0.25) is 9.52 Å². The molecule has 144 valence electrons. The molecule has 2 aromatic carbocycles. The van der Waals surface area contributed by atoms with Crippen LogP contribution in [0, 0.1) is 5.82 Å². The van der Waals surface area contributed by atoms with Crippen molar-refractivity contribution in [3.05, 3.63) is 59.9 Å². The highest BCUT2D eigenvalue weighted by molar-refractivity contribution is 7.92. The summed E-state index contributed by atoms with van der Waals surface area (Å²) in [5.41, 5.74) is 1.30. The molecule has 1 heterocycles. The molecule has 0 spiro atoms. The third-order valence-electron chi connectivity index (χ3n) is 4.49. The Morgan fingerprint density at radius 1 is 1.15 bits per heavy atom. The summed E-state index contributed by atoms with van der Waals surface area (Å²) in [5, 5.41) is 0. The zero-order valence-electron chi connectivity index (χ0n) is 15.2. The molecule has 1 N–H and O–H groups in total. The maximum absolute atomic E-state index is 14.0. The molecule has 1 fully saturated rings. The van der Waals surface area contributed by atoms with E-state index < -0.39 is 10.0 Å². The molecule has 1 aliphatic rings. The largest absolute Gasteiger partial charge is 0.365 e. The van der Waals surface area contributed by atoms with Crippen molar-refractivity contribution < 1.29 is 17.6 Å². The van der Waals surface area contributed by atoms with E-state index in [0.29, 0.717) is 36.6 Å². The first kappa shape index (κ1) is 19.2. The van der Waals surface area contributed by atoms with Gasteiger partial charge in [0.2, 0.25) is 10.0 Å². The summed E-state index contributed by atoms with van der Waals surface area (Å²) < 4.78 is 39.2. The van der Waals surface area contributed by atoms with Crippen molar-refractivity contribution >= 4 is 27.3 Å². The second-order valence-corrected chi connectivity index (χ2v) is 8.45. The number of carbonyl (C=O) groups is 1. The maximum atomic E-state index is 14.0. The van der Waals surface area contributed by atoms with E-state index >= 15 is 0 Å². The second-order valence-electron chi connectivity index (χ2n) is 6.70. The molecule has 27 heavy (non-hydrogen) atoms. The monoisotopic (exact) mass is 391 g/mol. The van der Waals surface area contributed by atoms with Crippen LogP contribution in [0.1, 0.15) is 17.3 Å². The number of hydrogen-bond donors (Lipinski definition) is 1. The van der Waals surface area contributed by atoms with Crippen LogP contribution in [-0.4, -0.2) is 51.2 Å². The first-order valence-electron chi connectivity index (χ1n) is 8.63. The Labute approximate surface area is 158 Å². The first-order valence-corrected chi connectivity index (χ1v) is 10.5. The summed E-state index contributed by atoms with van der Waals surface area (Å²) in [5.74, 6) is -0.447. The van der Waals surface area contributed by atoms with Crippen LogP contribution in [0.3, 0.4) is 0 Å². The first-order chi connectivity index (χ1) is 12.7. The lowest BCUT2D eigenvalue weighted by Gasteiger charge is -2.41. The second kappa shape index (κ2) is 7.56. The quantitative estimate of drug-likeness (QED) is 0.870. The molecular formula is C19H22FN3O3S. The van der Waals surface area contributed by atoms with E-state index in [-0.39, 0.29) is 17.8 Å². The van der Waals surface area contributed by atoms with Gasteiger partial charge in [0.25, 0.3) is 5.91 Å². The summed E-state index contributed by atoms with van der Waals surface area (Å²) in [6.45, 7) is 3.42. The van der Waals surface area contributed by atoms with Crippen LogP contribution in [0.5, 0.6) is 0 Å². The minimum atomic E-state index is -3.41. The van der Waals surface area contributed by atoms with Crippen LogP contribution in [0.15, 0.2) is 48.5 Å². The van der Waals surface area contributed by atoms with Gasteiger partial charge in [-0.15, -0.1) is 0 Å². The van der Waals surface area contributed by atoms with E-state index in [4.69, 9.17) is 0 Å². The van der Waals surface area contributed by atoms with Crippen LogP contribution in [0.2, 0.25) is 0 Å². The highest BCUT2D eigenvalue weighted by Gasteiger charge is 2.29. The van der Waals surface area contributed by atoms with Crippen molar-refractivity contribution in [3.63, 3.8) is 0 Å². The molecule has 1 atom stereocenters. The summed E-state index contributed by atoms with van der Waals surface area (Å²) in [6, 6.07) is 12.9. The highest BCUT2D eigenvalue weighted by atomic mass is 32.2. The van der Waals surface area contributed by atoms with Gasteiger partial charge in [0.1, 0.15) is 5.82 Å². The number of halogens is 1. The Balaban J connectivity index is 1.74. The van der Waals surface area contributed by atoms with E-state index in [9.17, 15) is 17.6 Å². The Bertz CT molecular complexity index is 949. The molecule has 6 nitrogen and oxygen atoms in total. The molecule has 2 aromatic rings. The maximum Gasteiger partial charge on any atom is 0.254 e. The fraction of sp³-hybridized carbons (Fsp3) is 0.316. The van der Waals surface area contributed by atoms with E-state index in [1.54, 1.807) is 41.3 Å². The summed E-state index contributed by atoms with van der Waals surface area (Å²) in [4.78, 5) is 16.6. The minimum Gasteiger partial charge on any atom is -0.365 e. The molecule has 1 amide bonds. The molecule has 0 radical (unpaired) electrons. The van der Waals surface area contributed by atoms with E-state index in [2.05, 4.69) is 4.72 Å². The standard InChI is InChI=1S/C19H22FN3O3S/c1-14-13-22(18-9-4-3-8-17(18)20)10-11-23(14)19(24)15-6-5-7-16(12-15)21-27(2,25)26/h3-9,12,14,21H,10-11,13H2,1-2H3/t14-/m1/s1. The van der Waals surface area contributed by atoms with Crippen molar-refractivity contribution in [3.8, 4) is 0 Å². The summed E-state index contributed by atoms with van der Waals surface area (Å²) in [6.07, 6.45) is 1.06. The van der Waals surface area contributed by atoms with Crippen molar-refractivity contribution in [1.82, 2.24) is 4.90 Å². The van der Waals surface area contributed by atoms with Crippen molar-refractivity contribution in [2.45, 2.75) is 13.0 Å². The van der Waals surface area contributed by atoms with Crippen LogP contribution in [-0.2, 0) is 10.0 Å². The molecule has 3 rings (SSSR count). The van der Waals surface area contributed by atoms with Gasteiger partial charge in [-0.1, -0.05) is 18.2 Å². The lowest BCUT2D eigenvalue weighted by atomic mass is 10.1. The SMILES string of the molecule is C[C@@H]1CN(c2ccccc2F)CCN1C(=O)c1cccc(NS(C)(=O)=O)c1. The number of rotatable bonds is 4. The average molecular weight is 391 g/mol. The predicted molar refractivity (Wildman–Crippen MR) is 104 cm³/mol. The number of nitrogens with zero attached hydrogens (tertiary/aromatic N) is 2. The average Bonchev–Trinajstić information content (AvgIpc) is 2.60. The molecular weight excluding hydrogens is 369 g/mol. The van der Waals surface area contributed by atoms with Gasteiger partial charge in [-0.2, -0.15) is 0 Å². The zero-order chi connectivity index (χ0) is 19.6. The van der Waals surface area contributed by atoms with Gasteiger partial charge in [0.15, 0.2) is 0 Å². The lowest BCUT2D eigenvalue weighted by molar-refractivity contribution is 0.0674. The van der Waals surface area contributed by atoms with Gasteiger partial charge in [0.05, 0.1) is 11.9 Å². The normalized spacial score (nSPS) is 17.7. The molecule has 0 aliphatic carbocycles. The highest BCUT2D eigenvalue weighted by Crippen LogP contribution is 2.23. The molecule has 8 heteroatoms. The van der Waals surface area contributed by atoms with Crippen LogP contribution in [0.25, 0.3) is 0 Å². The number of para-hydroxylation sites is 1. The molecule has 1 aliphatic heterocycles. The van der Waals surface area contributed by atoms with Gasteiger partial charge in [-0.25, -0.2) is 12.8 Å². The molecule has 0 saturated carbocycles. The predicted octanol–water partition coefficient (Wildman–Crippen LogP) is 2.55. The number of sulfonamides is 1. The van der Waals surface area contributed by atoms with Crippen molar-refractivity contribution in [2.75, 3.05) is 35.5 Å². The van der Waals surface area contributed by atoms with Crippen LogP contribution < -0.4 is 9.62 Å². The number of nitrogens with one attached hydrogen (secondary N) is 1.